The van der Waals surface area contributed by atoms with Crippen LogP contribution in [0.3, 0.4) is 0 Å². The van der Waals surface area contributed by atoms with Gasteiger partial charge < -0.3 is 10.4 Å². The Labute approximate surface area is 74.4 Å². The highest BCUT2D eigenvalue weighted by molar-refractivity contribution is 4.91. The molecule has 2 heteroatoms. The largest absolute Gasteiger partial charge is 0.393 e. The first-order chi connectivity index (χ1) is 5.79. The molecule has 2 nitrogen and oxygen atoms in total. The van der Waals surface area contributed by atoms with Gasteiger partial charge in [-0.1, -0.05) is 0 Å². The topological polar surface area (TPSA) is 32.3 Å². The molecule has 4 atom stereocenters. The van der Waals surface area contributed by atoms with Crippen molar-refractivity contribution in [1.82, 2.24) is 5.32 Å². The monoisotopic (exact) mass is 169 g/mol. The van der Waals surface area contributed by atoms with E-state index in [1.807, 2.05) is 0 Å². The highest BCUT2D eigenvalue weighted by Crippen LogP contribution is 2.42. The van der Waals surface area contributed by atoms with Crippen molar-refractivity contribution in [3.05, 3.63) is 0 Å². The number of nitrogens with one attached hydrogen (secondary N) is 1. The summed E-state index contributed by atoms with van der Waals surface area (Å²) in [7, 11) is 2.05. The minimum Gasteiger partial charge on any atom is -0.393 e. The summed E-state index contributed by atoms with van der Waals surface area (Å²) in [4.78, 5) is 0. The van der Waals surface area contributed by atoms with Crippen LogP contribution in [0.2, 0.25) is 0 Å². The molecule has 0 spiro atoms. The SMILES string of the molecule is CNC1CC2CCC(O)CC2C1. The fraction of sp³-hybridized carbons (Fsp3) is 1.00. The van der Waals surface area contributed by atoms with Crippen LogP contribution in [-0.4, -0.2) is 24.3 Å². The number of hydrogen-bond acceptors (Lipinski definition) is 2. The fourth-order valence-electron chi connectivity index (χ4n) is 2.96. The molecule has 0 aromatic rings. The van der Waals surface area contributed by atoms with E-state index in [2.05, 4.69) is 12.4 Å². The van der Waals surface area contributed by atoms with E-state index in [-0.39, 0.29) is 6.10 Å². The first-order valence-electron chi connectivity index (χ1n) is 5.15. The van der Waals surface area contributed by atoms with Crippen LogP contribution < -0.4 is 5.32 Å². The van der Waals surface area contributed by atoms with E-state index >= 15 is 0 Å². The summed E-state index contributed by atoms with van der Waals surface area (Å²) in [6, 6.07) is 0.727. The molecular weight excluding hydrogens is 150 g/mol. The van der Waals surface area contributed by atoms with Crippen LogP contribution in [-0.2, 0) is 0 Å². The van der Waals surface area contributed by atoms with E-state index in [0.29, 0.717) is 0 Å². The van der Waals surface area contributed by atoms with Crippen molar-refractivity contribution < 1.29 is 5.11 Å². The highest BCUT2D eigenvalue weighted by atomic mass is 16.3. The third-order valence-corrected chi connectivity index (χ3v) is 3.69. The second-order valence-corrected chi connectivity index (χ2v) is 4.44. The second kappa shape index (κ2) is 3.35. The van der Waals surface area contributed by atoms with Gasteiger partial charge in [0.15, 0.2) is 0 Å². The Hall–Kier alpha value is -0.0800. The third-order valence-electron chi connectivity index (χ3n) is 3.69. The van der Waals surface area contributed by atoms with Crippen LogP contribution >= 0.6 is 0 Å². The molecule has 0 aromatic carbocycles. The van der Waals surface area contributed by atoms with Crippen molar-refractivity contribution in [2.45, 2.75) is 44.2 Å². The van der Waals surface area contributed by atoms with E-state index in [0.717, 1.165) is 30.7 Å². The second-order valence-electron chi connectivity index (χ2n) is 4.44. The molecule has 0 radical (unpaired) electrons. The minimum absolute atomic E-state index is 0.00172. The van der Waals surface area contributed by atoms with Crippen molar-refractivity contribution in [2.75, 3.05) is 7.05 Å². The van der Waals surface area contributed by atoms with Crippen LogP contribution in [0.4, 0.5) is 0 Å². The zero-order chi connectivity index (χ0) is 8.55. The molecule has 0 aromatic heterocycles. The molecule has 2 N–H and O–H groups in total. The molecular formula is C10H19NO. The zero-order valence-electron chi connectivity index (χ0n) is 7.79. The number of hydrogen-bond donors (Lipinski definition) is 2. The van der Waals surface area contributed by atoms with E-state index in [9.17, 15) is 5.11 Å². The Kier molecular flexibility index (Phi) is 2.37. The van der Waals surface area contributed by atoms with E-state index in [1.54, 1.807) is 0 Å². The molecule has 2 fully saturated rings. The van der Waals surface area contributed by atoms with Gasteiger partial charge in [-0.25, -0.2) is 0 Å². The molecule has 0 amide bonds. The van der Waals surface area contributed by atoms with Crippen LogP contribution in [0.1, 0.15) is 32.1 Å². The van der Waals surface area contributed by atoms with E-state index < -0.39 is 0 Å². The molecule has 12 heavy (non-hydrogen) atoms. The molecule has 70 valence electrons. The summed E-state index contributed by atoms with van der Waals surface area (Å²) in [6.07, 6.45) is 5.98. The smallest absolute Gasteiger partial charge is 0.0543 e. The highest BCUT2D eigenvalue weighted by Gasteiger charge is 2.37. The van der Waals surface area contributed by atoms with Crippen LogP contribution in [0.5, 0.6) is 0 Å². The molecule has 2 saturated carbocycles. The molecule has 4 unspecified atom stereocenters. The first kappa shape index (κ1) is 8.52. The van der Waals surface area contributed by atoms with Crippen molar-refractivity contribution >= 4 is 0 Å². The quantitative estimate of drug-likeness (QED) is 0.617. The van der Waals surface area contributed by atoms with Gasteiger partial charge in [-0.3, -0.25) is 0 Å². The Morgan fingerprint density at radius 1 is 1.08 bits per heavy atom. The van der Waals surface area contributed by atoms with Gasteiger partial charge in [0.25, 0.3) is 0 Å². The summed E-state index contributed by atoms with van der Waals surface area (Å²) in [5.74, 6) is 1.72. The van der Waals surface area contributed by atoms with Gasteiger partial charge in [0, 0.05) is 6.04 Å². The Morgan fingerprint density at radius 3 is 2.58 bits per heavy atom. The average molecular weight is 169 g/mol. The number of rotatable bonds is 1. The lowest BCUT2D eigenvalue weighted by atomic mass is 9.80. The molecule has 2 aliphatic rings. The summed E-state index contributed by atoms with van der Waals surface area (Å²) in [5, 5.41) is 12.8. The first-order valence-corrected chi connectivity index (χ1v) is 5.15. The lowest BCUT2D eigenvalue weighted by molar-refractivity contribution is 0.0806. The maximum absolute atomic E-state index is 9.49. The van der Waals surface area contributed by atoms with E-state index in [1.165, 1.54) is 19.3 Å². The molecule has 0 heterocycles. The normalized spacial score (nSPS) is 47.5. The maximum Gasteiger partial charge on any atom is 0.0543 e. The minimum atomic E-state index is 0.00172. The fourth-order valence-corrected chi connectivity index (χ4v) is 2.96. The Morgan fingerprint density at radius 2 is 1.83 bits per heavy atom. The van der Waals surface area contributed by atoms with Gasteiger partial charge >= 0.3 is 0 Å². The van der Waals surface area contributed by atoms with Crippen LogP contribution in [0.15, 0.2) is 0 Å². The summed E-state index contributed by atoms with van der Waals surface area (Å²) >= 11 is 0. The lowest BCUT2D eigenvalue weighted by Crippen LogP contribution is -2.23. The number of fused-ring (bicyclic) bond motifs is 1. The van der Waals surface area contributed by atoms with Gasteiger partial charge in [0.2, 0.25) is 0 Å². The Balaban J connectivity index is 1.93. The van der Waals surface area contributed by atoms with Crippen LogP contribution in [0, 0.1) is 11.8 Å². The van der Waals surface area contributed by atoms with Gasteiger partial charge in [-0.05, 0) is 51.0 Å². The van der Waals surface area contributed by atoms with Gasteiger partial charge in [0.1, 0.15) is 0 Å². The van der Waals surface area contributed by atoms with Gasteiger partial charge in [0.05, 0.1) is 6.10 Å². The van der Waals surface area contributed by atoms with Gasteiger partial charge in [-0.15, -0.1) is 0 Å². The average Bonchev–Trinajstić information content (AvgIpc) is 2.46. The summed E-state index contributed by atoms with van der Waals surface area (Å²) in [5.41, 5.74) is 0. The molecule has 0 saturated heterocycles. The summed E-state index contributed by atoms with van der Waals surface area (Å²) < 4.78 is 0. The predicted molar refractivity (Wildman–Crippen MR) is 48.9 cm³/mol. The zero-order valence-corrected chi connectivity index (χ0v) is 7.79. The van der Waals surface area contributed by atoms with Crippen molar-refractivity contribution in [1.29, 1.82) is 0 Å². The van der Waals surface area contributed by atoms with Crippen molar-refractivity contribution in [2.24, 2.45) is 11.8 Å². The summed E-state index contributed by atoms with van der Waals surface area (Å²) in [6.45, 7) is 0. The van der Waals surface area contributed by atoms with E-state index in [4.69, 9.17) is 0 Å². The Bertz CT molecular complexity index is 160. The molecule has 0 bridgehead atoms. The van der Waals surface area contributed by atoms with Crippen molar-refractivity contribution in [3.8, 4) is 0 Å². The standard InChI is InChI=1S/C10H19NO/c1-11-9-4-7-2-3-10(12)6-8(7)5-9/h7-12H,2-6H2,1H3. The lowest BCUT2D eigenvalue weighted by Gasteiger charge is -2.28. The van der Waals surface area contributed by atoms with Crippen LogP contribution in [0.25, 0.3) is 0 Å². The maximum atomic E-state index is 9.49. The molecule has 2 rings (SSSR count). The molecule has 0 aliphatic heterocycles. The van der Waals surface area contributed by atoms with Crippen molar-refractivity contribution in [3.63, 3.8) is 0 Å². The number of aliphatic hydroxyl groups is 1. The molecule has 2 aliphatic carbocycles. The third kappa shape index (κ3) is 1.50. The predicted octanol–water partition coefficient (Wildman–Crippen LogP) is 1.15. The number of aliphatic hydroxyl groups excluding tert-OH is 1. The van der Waals surface area contributed by atoms with Gasteiger partial charge in [-0.2, -0.15) is 0 Å².